The van der Waals surface area contributed by atoms with E-state index in [1.807, 2.05) is 30.3 Å². The second-order valence-electron chi connectivity index (χ2n) is 3.70. The van der Waals surface area contributed by atoms with E-state index in [2.05, 4.69) is 16.0 Å². The number of hydrogen-bond donors (Lipinski definition) is 3. The van der Waals surface area contributed by atoms with E-state index < -0.39 is 0 Å². The molecule has 1 aromatic carbocycles. The van der Waals surface area contributed by atoms with Crippen LogP contribution in [0.25, 0.3) is 0 Å². The lowest BCUT2D eigenvalue weighted by molar-refractivity contribution is 0.250. The summed E-state index contributed by atoms with van der Waals surface area (Å²) in [4.78, 5) is 13.5. The normalized spacial score (nSPS) is 27.1. The zero-order valence-electron chi connectivity index (χ0n) is 8.31. The quantitative estimate of drug-likeness (QED) is 0.614. The van der Waals surface area contributed by atoms with E-state index >= 15 is 0 Å². The van der Waals surface area contributed by atoms with Crippen LogP contribution < -0.4 is 20.9 Å². The third kappa shape index (κ3) is 1.30. The summed E-state index contributed by atoms with van der Waals surface area (Å²) in [6, 6.07) is 9.38. The molecule has 5 nitrogen and oxygen atoms in total. The molecule has 1 aromatic rings. The Morgan fingerprint density at radius 1 is 1.12 bits per heavy atom. The second kappa shape index (κ2) is 3.34. The molecule has 2 saturated heterocycles. The minimum atomic E-state index is -0.153. The molecule has 6 heteroatoms. The van der Waals surface area contributed by atoms with Gasteiger partial charge >= 0.3 is 6.03 Å². The molecule has 2 fully saturated rings. The molecule has 0 bridgehead atoms. The topological polar surface area (TPSA) is 56.4 Å². The first kappa shape index (κ1) is 9.41. The monoisotopic (exact) mass is 234 g/mol. The summed E-state index contributed by atoms with van der Waals surface area (Å²) in [6.45, 7) is 0. The highest BCUT2D eigenvalue weighted by Gasteiger charge is 2.44. The van der Waals surface area contributed by atoms with Crippen molar-refractivity contribution in [3.8, 4) is 0 Å². The largest absolute Gasteiger partial charge is 0.339 e. The maximum atomic E-state index is 11.8. The van der Waals surface area contributed by atoms with Gasteiger partial charge in [-0.25, -0.2) is 4.79 Å². The van der Waals surface area contributed by atoms with Crippen molar-refractivity contribution in [2.45, 2.75) is 12.3 Å². The Hall–Kier alpha value is -1.82. The number of benzene rings is 1. The molecule has 2 aliphatic rings. The van der Waals surface area contributed by atoms with Crippen molar-refractivity contribution < 1.29 is 4.79 Å². The molecule has 0 saturated carbocycles. The van der Waals surface area contributed by atoms with Gasteiger partial charge in [0.15, 0.2) is 5.11 Å². The molecular formula is C10H10N4OS. The van der Waals surface area contributed by atoms with Gasteiger partial charge in [0.05, 0.1) is 0 Å². The number of urea groups is 1. The van der Waals surface area contributed by atoms with Gasteiger partial charge in [0, 0.05) is 5.69 Å². The third-order valence-corrected chi connectivity index (χ3v) is 2.93. The summed E-state index contributed by atoms with van der Waals surface area (Å²) >= 11 is 5.01. The van der Waals surface area contributed by atoms with E-state index in [1.54, 1.807) is 4.90 Å². The van der Waals surface area contributed by atoms with E-state index in [-0.39, 0.29) is 18.4 Å². The lowest BCUT2D eigenvalue weighted by atomic mass is 10.3. The smallest absolute Gasteiger partial charge is 0.325 e. The maximum Gasteiger partial charge on any atom is 0.325 e. The second-order valence-corrected chi connectivity index (χ2v) is 4.10. The fraction of sp³-hybridized carbons (Fsp3) is 0.200. The molecule has 0 aromatic heterocycles. The number of amides is 2. The molecule has 0 radical (unpaired) electrons. The number of fused-ring (bicyclic) bond motifs is 1. The standard InChI is InChI=1S/C10H10N4OS/c15-10-12-7-8(13-9(16)11-7)14(10)6-4-2-1-3-5-6/h1-5,7-8H,(H,12,15)(H2,11,13,16)/t7-,8-/m1/s1. The Balaban J connectivity index is 1.95. The number of carbonyl (C=O) groups is 1. The molecule has 0 aliphatic carbocycles. The van der Waals surface area contributed by atoms with Gasteiger partial charge in [-0.3, -0.25) is 4.90 Å². The average Bonchev–Trinajstić information content (AvgIpc) is 2.74. The molecule has 2 heterocycles. The molecule has 2 atom stereocenters. The molecule has 2 aliphatic heterocycles. The molecule has 3 N–H and O–H groups in total. The first-order valence-corrected chi connectivity index (χ1v) is 5.38. The fourth-order valence-electron chi connectivity index (χ4n) is 2.00. The Labute approximate surface area is 97.8 Å². The summed E-state index contributed by atoms with van der Waals surface area (Å²) < 4.78 is 0. The summed E-state index contributed by atoms with van der Waals surface area (Å²) in [5.41, 5.74) is 0.853. The molecule has 0 unspecified atom stereocenters. The first-order chi connectivity index (χ1) is 7.75. The highest BCUT2D eigenvalue weighted by atomic mass is 32.1. The first-order valence-electron chi connectivity index (χ1n) is 4.97. The summed E-state index contributed by atoms with van der Waals surface area (Å²) in [7, 11) is 0. The van der Waals surface area contributed by atoms with Gasteiger partial charge in [0.1, 0.15) is 12.3 Å². The van der Waals surface area contributed by atoms with Crippen molar-refractivity contribution in [1.29, 1.82) is 0 Å². The van der Waals surface area contributed by atoms with Gasteiger partial charge < -0.3 is 16.0 Å². The maximum absolute atomic E-state index is 11.8. The van der Waals surface area contributed by atoms with Gasteiger partial charge in [-0.2, -0.15) is 0 Å². The minimum Gasteiger partial charge on any atom is -0.339 e. The van der Waals surface area contributed by atoms with Gasteiger partial charge in [0.25, 0.3) is 0 Å². The minimum absolute atomic E-state index is 0.122. The number of hydrogen-bond acceptors (Lipinski definition) is 2. The molecule has 82 valence electrons. The predicted molar refractivity (Wildman–Crippen MR) is 63.9 cm³/mol. The van der Waals surface area contributed by atoms with Crippen molar-refractivity contribution in [2.24, 2.45) is 0 Å². The number of carbonyl (C=O) groups excluding carboxylic acids is 1. The van der Waals surface area contributed by atoms with Crippen LogP contribution in [0.4, 0.5) is 10.5 Å². The fourth-order valence-corrected chi connectivity index (χ4v) is 2.25. The molecule has 16 heavy (non-hydrogen) atoms. The highest BCUT2D eigenvalue weighted by Crippen LogP contribution is 2.22. The Morgan fingerprint density at radius 2 is 1.88 bits per heavy atom. The van der Waals surface area contributed by atoms with Crippen molar-refractivity contribution in [3.05, 3.63) is 30.3 Å². The Kier molecular flexibility index (Phi) is 1.97. The van der Waals surface area contributed by atoms with Crippen LogP contribution in [-0.2, 0) is 0 Å². The molecular weight excluding hydrogens is 224 g/mol. The summed E-state index contributed by atoms with van der Waals surface area (Å²) in [6.07, 6.45) is -0.303. The Bertz CT molecular complexity index is 449. The van der Waals surface area contributed by atoms with E-state index in [9.17, 15) is 4.79 Å². The van der Waals surface area contributed by atoms with Crippen LogP contribution >= 0.6 is 12.2 Å². The highest BCUT2D eigenvalue weighted by molar-refractivity contribution is 7.80. The lowest BCUT2D eigenvalue weighted by Crippen LogP contribution is -2.43. The van der Waals surface area contributed by atoms with Gasteiger partial charge in [-0.05, 0) is 24.4 Å². The van der Waals surface area contributed by atoms with E-state index in [0.29, 0.717) is 5.11 Å². The predicted octanol–water partition coefficient (Wildman–Crippen LogP) is 0.346. The third-order valence-electron chi connectivity index (χ3n) is 2.69. The van der Waals surface area contributed by atoms with E-state index in [1.165, 1.54) is 0 Å². The van der Waals surface area contributed by atoms with Crippen LogP contribution in [0, 0.1) is 0 Å². The zero-order valence-corrected chi connectivity index (χ0v) is 9.12. The Morgan fingerprint density at radius 3 is 2.62 bits per heavy atom. The lowest BCUT2D eigenvalue weighted by Gasteiger charge is -2.21. The zero-order chi connectivity index (χ0) is 11.1. The van der Waals surface area contributed by atoms with Crippen LogP contribution in [0.1, 0.15) is 0 Å². The van der Waals surface area contributed by atoms with Gasteiger partial charge in [0.2, 0.25) is 0 Å². The molecule has 0 spiro atoms. The van der Waals surface area contributed by atoms with Crippen LogP contribution in [-0.4, -0.2) is 23.5 Å². The number of nitrogens with zero attached hydrogens (tertiary/aromatic N) is 1. The number of para-hydroxylation sites is 1. The van der Waals surface area contributed by atoms with Crippen LogP contribution in [0.15, 0.2) is 30.3 Å². The van der Waals surface area contributed by atoms with E-state index in [4.69, 9.17) is 12.2 Å². The number of rotatable bonds is 1. The SMILES string of the molecule is O=C1N[C@H]2NC(=S)N[C@@H]2N1c1ccccc1. The average molecular weight is 234 g/mol. The molecule has 2 amide bonds. The van der Waals surface area contributed by atoms with Crippen LogP contribution in [0.2, 0.25) is 0 Å². The van der Waals surface area contributed by atoms with Gasteiger partial charge in [-0.15, -0.1) is 0 Å². The van der Waals surface area contributed by atoms with Gasteiger partial charge in [-0.1, -0.05) is 18.2 Å². The van der Waals surface area contributed by atoms with Crippen molar-refractivity contribution >= 4 is 29.0 Å². The van der Waals surface area contributed by atoms with E-state index in [0.717, 1.165) is 5.69 Å². The van der Waals surface area contributed by atoms with Crippen molar-refractivity contribution in [1.82, 2.24) is 16.0 Å². The molecule has 3 rings (SSSR count). The number of nitrogens with one attached hydrogen (secondary N) is 3. The number of anilines is 1. The number of thiocarbonyl (C=S) groups is 1. The van der Waals surface area contributed by atoms with Crippen LogP contribution in [0.3, 0.4) is 0 Å². The van der Waals surface area contributed by atoms with Crippen molar-refractivity contribution in [2.75, 3.05) is 4.90 Å². The van der Waals surface area contributed by atoms with Crippen LogP contribution in [0.5, 0.6) is 0 Å². The van der Waals surface area contributed by atoms with Crippen molar-refractivity contribution in [3.63, 3.8) is 0 Å². The summed E-state index contributed by atoms with van der Waals surface area (Å²) in [5.74, 6) is 0. The summed E-state index contributed by atoms with van der Waals surface area (Å²) in [5, 5.41) is 9.44.